The third-order valence-corrected chi connectivity index (χ3v) is 4.64. The van der Waals surface area contributed by atoms with Crippen LogP contribution in [-0.4, -0.2) is 38.1 Å². The van der Waals surface area contributed by atoms with E-state index >= 15 is 0 Å². The van der Waals surface area contributed by atoms with Gasteiger partial charge in [0.2, 0.25) is 5.91 Å². The van der Waals surface area contributed by atoms with Gasteiger partial charge in [-0.2, -0.15) is 0 Å². The van der Waals surface area contributed by atoms with E-state index in [0.717, 1.165) is 17.9 Å². The lowest BCUT2D eigenvalue weighted by molar-refractivity contribution is -0.114. The van der Waals surface area contributed by atoms with E-state index in [0.29, 0.717) is 36.8 Å². The molecule has 0 bridgehead atoms. The van der Waals surface area contributed by atoms with Crippen molar-refractivity contribution in [3.8, 4) is 11.5 Å². The topological polar surface area (TPSA) is 88.7 Å². The second kappa shape index (κ2) is 12.8. The van der Waals surface area contributed by atoms with E-state index in [9.17, 15) is 9.59 Å². The average molecular weight is 448 g/mol. The molecule has 33 heavy (non-hydrogen) atoms. The number of rotatable bonds is 12. The number of amides is 2. The summed E-state index contributed by atoms with van der Waals surface area (Å²) < 4.78 is 11.3. The second-order valence-electron chi connectivity index (χ2n) is 7.27. The molecule has 7 nitrogen and oxygen atoms in total. The van der Waals surface area contributed by atoms with Crippen molar-refractivity contribution in [2.24, 2.45) is 0 Å². The van der Waals surface area contributed by atoms with E-state index in [1.807, 2.05) is 37.3 Å². The van der Waals surface area contributed by atoms with Gasteiger partial charge in [0, 0.05) is 23.5 Å². The fraction of sp³-hybridized carbons (Fsp3) is 0.231. The first-order valence-corrected chi connectivity index (χ1v) is 11.0. The standard InChI is InChI=1S/C26H29N3O4/c1-2-16-27-26(31)20-8-10-21(11-9-20)28-19-25(30)29-22-12-14-24(15-13-22)33-18-17-32-23-6-4-3-5-7-23/h3-15,28H,2,16-19H2,1H3,(H,27,31)(H,29,30). The minimum Gasteiger partial charge on any atom is -0.490 e. The summed E-state index contributed by atoms with van der Waals surface area (Å²) in [5, 5.41) is 8.72. The van der Waals surface area contributed by atoms with Crippen molar-refractivity contribution >= 4 is 23.2 Å². The first-order valence-electron chi connectivity index (χ1n) is 11.0. The van der Waals surface area contributed by atoms with Gasteiger partial charge in [-0.1, -0.05) is 25.1 Å². The van der Waals surface area contributed by atoms with Crippen molar-refractivity contribution in [2.75, 3.05) is 36.9 Å². The van der Waals surface area contributed by atoms with E-state index < -0.39 is 0 Å². The van der Waals surface area contributed by atoms with Gasteiger partial charge in [-0.05, 0) is 67.1 Å². The molecule has 0 aliphatic carbocycles. The van der Waals surface area contributed by atoms with Gasteiger partial charge in [-0.25, -0.2) is 0 Å². The van der Waals surface area contributed by atoms with Gasteiger partial charge in [0.25, 0.3) is 5.91 Å². The summed E-state index contributed by atoms with van der Waals surface area (Å²) in [7, 11) is 0. The van der Waals surface area contributed by atoms with E-state index in [1.54, 1.807) is 48.5 Å². The highest BCUT2D eigenvalue weighted by Gasteiger charge is 2.06. The molecule has 0 aromatic heterocycles. The summed E-state index contributed by atoms with van der Waals surface area (Å²) in [5.41, 5.74) is 2.03. The first-order chi connectivity index (χ1) is 16.1. The number of nitrogens with one attached hydrogen (secondary N) is 3. The maximum Gasteiger partial charge on any atom is 0.251 e. The van der Waals surface area contributed by atoms with E-state index in [1.165, 1.54) is 0 Å². The van der Waals surface area contributed by atoms with Gasteiger partial charge in [0.15, 0.2) is 0 Å². The Morgan fingerprint density at radius 1 is 0.758 bits per heavy atom. The largest absolute Gasteiger partial charge is 0.490 e. The van der Waals surface area contributed by atoms with Gasteiger partial charge in [-0.15, -0.1) is 0 Å². The summed E-state index contributed by atoms with van der Waals surface area (Å²) in [6.07, 6.45) is 0.889. The maximum atomic E-state index is 12.2. The summed E-state index contributed by atoms with van der Waals surface area (Å²) >= 11 is 0. The van der Waals surface area contributed by atoms with Crippen molar-refractivity contribution in [1.29, 1.82) is 0 Å². The fourth-order valence-electron chi connectivity index (χ4n) is 2.94. The van der Waals surface area contributed by atoms with Crippen LogP contribution in [0, 0.1) is 0 Å². The summed E-state index contributed by atoms with van der Waals surface area (Å²) in [6, 6.07) is 23.8. The molecule has 0 spiro atoms. The highest BCUT2D eigenvalue weighted by atomic mass is 16.5. The molecule has 0 aliphatic rings. The van der Waals surface area contributed by atoms with Gasteiger partial charge in [0.05, 0.1) is 6.54 Å². The molecule has 0 heterocycles. The van der Waals surface area contributed by atoms with Crippen LogP contribution in [0.5, 0.6) is 11.5 Å². The van der Waals surface area contributed by atoms with Crippen molar-refractivity contribution in [2.45, 2.75) is 13.3 Å². The van der Waals surface area contributed by atoms with Crippen LogP contribution in [0.1, 0.15) is 23.7 Å². The van der Waals surface area contributed by atoms with Crippen LogP contribution in [0.15, 0.2) is 78.9 Å². The zero-order chi connectivity index (χ0) is 23.3. The number of anilines is 2. The Morgan fingerprint density at radius 3 is 2.00 bits per heavy atom. The summed E-state index contributed by atoms with van der Waals surface area (Å²) in [4.78, 5) is 24.2. The van der Waals surface area contributed by atoms with Crippen LogP contribution in [0.4, 0.5) is 11.4 Å². The number of para-hydroxylation sites is 1. The van der Waals surface area contributed by atoms with Crippen LogP contribution >= 0.6 is 0 Å². The predicted molar refractivity (Wildman–Crippen MR) is 130 cm³/mol. The van der Waals surface area contributed by atoms with E-state index in [2.05, 4.69) is 16.0 Å². The van der Waals surface area contributed by atoms with Crippen molar-refractivity contribution in [3.63, 3.8) is 0 Å². The number of ether oxygens (including phenoxy) is 2. The lowest BCUT2D eigenvalue weighted by Crippen LogP contribution is -2.24. The Hall–Kier alpha value is -4.00. The van der Waals surface area contributed by atoms with Crippen molar-refractivity contribution in [1.82, 2.24) is 5.32 Å². The van der Waals surface area contributed by atoms with Crippen LogP contribution in [0.2, 0.25) is 0 Å². The van der Waals surface area contributed by atoms with Crippen molar-refractivity contribution < 1.29 is 19.1 Å². The molecular formula is C26H29N3O4. The summed E-state index contributed by atoms with van der Waals surface area (Å²) in [6.45, 7) is 3.62. The molecule has 3 aromatic rings. The summed E-state index contributed by atoms with van der Waals surface area (Å²) in [5.74, 6) is 1.23. The quantitative estimate of drug-likeness (QED) is 0.360. The van der Waals surface area contributed by atoms with Gasteiger partial charge < -0.3 is 25.4 Å². The van der Waals surface area contributed by atoms with Gasteiger partial charge >= 0.3 is 0 Å². The van der Waals surface area contributed by atoms with Gasteiger partial charge in [-0.3, -0.25) is 9.59 Å². The molecule has 0 saturated heterocycles. The smallest absolute Gasteiger partial charge is 0.251 e. The lowest BCUT2D eigenvalue weighted by Gasteiger charge is -2.10. The highest BCUT2D eigenvalue weighted by molar-refractivity contribution is 5.95. The molecule has 0 unspecified atom stereocenters. The molecule has 0 saturated carbocycles. The Kier molecular flexibility index (Phi) is 9.15. The molecule has 3 aromatic carbocycles. The number of carbonyl (C=O) groups is 2. The molecule has 2 amide bonds. The lowest BCUT2D eigenvalue weighted by atomic mass is 10.2. The molecule has 7 heteroatoms. The monoisotopic (exact) mass is 447 g/mol. The predicted octanol–water partition coefficient (Wildman–Crippen LogP) is 4.33. The number of carbonyl (C=O) groups excluding carboxylic acids is 2. The first kappa shape index (κ1) is 23.7. The maximum absolute atomic E-state index is 12.2. The molecule has 172 valence electrons. The zero-order valence-electron chi connectivity index (χ0n) is 18.7. The van der Waals surface area contributed by atoms with Gasteiger partial charge in [0.1, 0.15) is 24.7 Å². The van der Waals surface area contributed by atoms with E-state index in [4.69, 9.17) is 9.47 Å². The molecule has 0 radical (unpaired) electrons. The number of benzene rings is 3. The van der Waals surface area contributed by atoms with Crippen LogP contribution in [0.3, 0.4) is 0 Å². The molecule has 0 fully saturated rings. The normalized spacial score (nSPS) is 10.2. The highest BCUT2D eigenvalue weighted by Crippen LogP contribution is 2.16. The third-order valence-electron chi connectivity index (χ3n) is 4.64. The fourth-order valence-corrected chi connectivity index (χ4v) is 2.94. The number of hydrogen-bond acceptors (Lipinski definition) is 5. The second-order valence-corrected chi connectivity index (χ2v) is 7.27. The minimum atomic E-state index is -0.176. The molecule has 3 N–H and O–H groups in total. The number of hydrogen-bond donors (Lipinski definition) is 3. The minimum absolute atomic E-state index is 0.0997. The Balaban J connectivity index is 1.36. The van der Waals surface area contributed by atoms with E-state index in [-0.39, 0.29) is 18.4 Å². The van der Waals surface area contributed by atoms with Crippen molar-refractivity contribution in [3.05, 3.63) is 84.4 Å². The van der Waals surface area contributed by atoms with Crippen LogP contribution in [0.25, 0.3) is 0 Å². The Labute approximate surface area is 194 Å². The Morgan fingerprint density at radius 2 is 1.36 bits per heavy atom. The average Bonchev–Trinajstić information content (AvgIpc) is 2.86. The molecule has 0 atom stereocenters. The zero-order valence-corrected chi connectivity index (χ0v) is 18.7. The molecule has 0 aliphatic heterocycles. The molecule has 3 rings (SSSR count). The van der Waals surface area contributed by atoms with Crippen LogP contribution in [-0.2, 0) is 4.79 Å². The SMILES string of the molecule is CCCNC(=O)c1ccc(NCC(=O)Nc2ccc(OCCOc3ccccc3)cc2)cc1. The third kappa shape index (κ3) is 8.22. The molecular weight excluding hydrogens is 418 g/mol. The van der Waals surface area contributed by atoms with Crippen LogP contribution < -0.4 is 25.4 Å². The Bertz CT molecular complexity index is 1010.